The molecule has 2 aromatic rings. The molecule has 0 aliphatic heterocycles. The van der Waals surface area contributed by atoms with Crippen molar-refractivity contribution >= 4 is 0 Å². The van der Waals surface area contributed by atoms with E-state index in [1.807, 2.05) is 48.5 Å². The molecule has 142 valence electrons. The standard InChI is InChI=1S/C21H29NO4/c1-24-13-7-12-22(15-18-8-6-11-21(14-18)25-2)16-19(23)17-26-20-9-4-3-5-10-20/h3-6,8-11,14,19,23H,7,12-13,15-17H2,1-2H3/t19-/m0/s1. The van der Waals surface area contributed by atoms with Crippen LogP contribution in [0.5, 0.6) is 11.5 Å². The van der Waals surface area contributed by atoms with E-state index in [-0.39, 0.29) is 6.61 Å². The molecule has 5 nitrogen and oxygen atoms in total. The number of benzene rings is 2. The number of nitrogens with zero attached hydrogens (tertiary/aromatic N) is 1. The van der Waals surface area contributed by atoms with Gasteiger partial charge < -0.3 is 19.3 Å². The maximum absolute atomic E-state index is 10.4. The number of aliphatic hydroxyl groups excluding tert-OH is 1. The molecule has 0 aliphatic carbocycles. The van der Waals surface area contributed by atoms with Gasteiger partial charge in [-0.15, -0.1) is 0 Å². The molecule has 0 unspecified atom stereocenters. The zero-order chi connectivity index (χ0) is 18.6. The fraction of sp³-hybridized carbons (Fsp3) is 0.429. The predicted molar refractivity (Wildman–Crippen MR) is 103 cm³/mol. The average Bonchev–Trinajstić information content (AvgIpc) is 2.67. The van der Waals surface area contributed by atoms with E-state index in [0.29, 0.717) is 13.2 Å². The van der Waals surface area contributed by atoms with Gasteiger partial charge in [-0.25, -0.2) is 0 Å². The summed E-state index contributed by atoms with van der Waals surface area (Å²) in [6, 6.07) is 17.6. The summed E-state index contributed by atoms with van der Waals surface area (Å²) in [7, 11) is 3.37. The van der Waals surface area contributed by atoms with Crippen LogP contribution >= 0.6 is 0 Å². The highest BCUT2D eigenvalue weighted by Gasteiger charge is 2.13. The maximum Gasteiger partial charge on any atom is 0.119 e. The lowest BCUT2D eigenvalue weighted by molar-refractivity contribution is 0.0617. The lowest BCUT2D eigenvalue weighted by Crippen LogP contribution is -2.36. The highest BCUT2D eigenvalue weighted by Crippen LogP contribution is 2.15. The van der Waals surface area contributed by atoms with Crippen molar-refractivity contribution < 1.29 is 19.3 Å². The van der Waals surface area contributed by atoms with E-state index in [2.05, 4.69) is 11.0 Å². The number of hydrogen-bond donors (Lipinski definition) is 1. The molecule has 5 heteroatoms. The van der Waals surface area contributed by atoms with E-state index in [0.717, 1.165) is 36.6 Å². The van der Waals surface area contributed by atoms with Crippen LogP contribution in [0.15, 0.2) is 54.6 Å². The summed E-state index contributed by atoms with van der Waals surface area (Å²) in [5.74, 6) is 1.61. The summed E-state index contributed by atoms with van der Waals surface area (Å²) in [4.78, 5) is 2.22. The zero-order valence-corrected chi connectivity index (χ0v) is 15.6. The third kappa shape index (κ3) is 7.44. The second kappa shape index (κ2) is 11.5. The molecule has 0 heterocycles. The van der Waals surface area contributed by atoms with Gasteiger partial charge in [-0.2, -0.15) is 0 Å². The molecule has 0 radical (unpaired) electrons. The highest BCUT2D eigenvalue weighted by molar-refractivity contribution is 5.28. The monoisotopic (exact) mass is 359 g/mol. The van der Waals surface area contributed by atoms with Crippen LogP contribution in [-0.4, -0.2) is 56.6 Å². The Bertz CT molecular complexity index is 620. The molecule has 2 aromatic carbocycles. The molecule has 0 amide bonds. The summed E-state index contributed by atoms with van der Waals surface area (Å²) in [5, 5.41) is 10.4. The third-order valence-electron chi connectivity index (χ3n) is 4.02. The first-order valence-corrected chi connectivity index (χ1v) is 8.91. The first kappa shape index (κ1) is 20.2. The quantitative estimate of drug-likeness (QED) is 0.591. The van der Waals surface area contributed by atoms with Crippen LogP contribution in [0.1, 0.15) is 12.0 Å². The fourth-order valence-corrected chi connectivity index (χ4v) is 2.76. The maximum atomic E-state index is 10.4. The van der Waals surface area contributed by atoms with Gasteiger partial charge in [-0.3, -0.25) is 4.90 Å². The van der Waals surface area contributed by atoms with Crippen molar-refractivity contribution in [2.45, 2.75) is 19.1 Å². The minimum atomic E-state index is -0.566. The Balaban J connectivity index is 1.89. The number of hydrogen-bond acceptors (Lipinski definition) is 5. The van der Waals surface area contributed by atoms with Gasteiger partial charge in [0.05, 0.1) is 7.11 Å². The number of para-hydroxylation sites is 1. The van der Waals surface area contributed by atoms with Crippen LogP contribution in [0.25, 0.3) is 0 Å². The van der Waals surface area contributed by atoms with Gasteiger partial charge in [0.25, 0.3) is 0 Å². The Morgan fingerprint density at radius 3 is 2.50 bits per heavy atom. The predicted octanol–water partition coefficient (Wildman–Crippen LogP) is 2.97. The van der Waals surface area contributed by atoms with Gasteiger partial charge in [-0.05, 0) is 36.2 Å². The van der Waals surface area contributed by atoms with Crippen LogP contribution in [0.2, 0.25) is 0 Å². The zero-order valence-electron chi connectivity index (χ0n) is 15.6. The van der Waals surface area contributed by atoms with Crippen molar-refractivity contribution in [3.63, 3.8) is 0 Å². The first-order valence-electron chi connectivity index (χ1n) is 8.91. The molecule has 0 aromatic heterocycles. The Hall–Kier alpha value is -2.08. The fourth-order valence-electron chi connectivity index (χ4n) is 2.76. The van der Waals surface area contributed by atoms with E-state index < -0.39 is 6.10 Å². The van der Waals surface area contributed by atoms with E-state index in [9.17, 15) is 5.11 Å². The van der Waals surface area contributed by atoms with E-state index in [1.165, 1.54) is 0 Å². The molecule has 0 aliphatic rings. The third-order valence-corrected chi connectivity index (χ3v) is 4.02. The van der Waals surface area contributed by atoms with Gasteiger partial charge in [0.1, 0.15) is 24.2 Å². The normalized spacial score (nSPS) is 12.2. The molecule has 0 fully saturated rings. The lowest BCUT2D eigenvalue weighted by Gasteiger charge is -2.25. The minimum absolute atomic E-state index is 0.267. The molecule has 0 saturated carbocycles. The molecule has 1 atom stereocenters. The molecular weight excluding hydrogens is 330 g/mol. The van der Waals surface area contributed by atoms with Crippen molar-refractivity contribution in [3.05, 3.63) is 60.2 Å². The Labute approximate surface area is 156 Å². The van der Waals surface area contributed by atoms with Gasteiger partial charge in [0.2, 0.25) is 0 Å². The Morgan fingerprint density at radius 2 is 1.77 bits per heavy atom. The van der Waals surface area contributed by atoms with Gasteiger partial charge in [0.15, 0.2) is 0 Å². The average molecular weight is 359 g/mol. The van der Waals surface area contributed by atoms with Gasteiger partial charge >= 0.3 is 0 Å². The molecule has 0 saturated heterocycles. The summed E-state index contributed by atoms with van der Waals surface area (Å²) in [6.45, 7) is 3.08. The smallest absolute Gasteiger partial charge is 0.119 e. The SMILES string of the molecule is COCCCN(Cc1cccc(OC)c1)C[C@H](O)COc1ccccc1. The second-order valence-corrected chi connectivity index (χ2v) is 6.21. The Morgan fingerprint density at radius 1 is 1.00 bits per heavy atom. The van der Waals surface area contributed by atoms with Crippen molar-refractivity contribution in [1.82, 2.24) is 4.90 Å². The van der Waals surface area contributed by atoms with Crippen molar-refractivity contribution in [3.8, 4) is 11.5 Å². The Kier molecular flexibility index (Phi) is 8.96. The molecule has 0 spiro atoms. The summed E-state index contributed by atoms with van der Waals surface area (Å²) >= 11 is 0. The van der Waals surface area contributed by atoms with Crippen LogP contribution in [-0.2, 0) is 11.3 Å². The van der Waals surface area contributed by atoms with Crippen molar-refractivity contribution in [2.24, 2.45) is 0 Å². The van der Waals surface area contributed by atoms with Crippen LogP contribution in [0.3, 0.4) is 0 Å². The molecule has 26 heavy (non-hydrogen) atoms. The molecule has 2 rings (SSSR count). The van der Waals surface area contributed by atoms with Gasteiger partial charge in [-0.1, -0.05) is 30.3 Å². The van der Waals surface area contributed by atoms with Crippen LogP contribution < -0.4 is 9.47 Å². The number of aliphatic hydroxyl groups is 1. The van der Waals surface area contributed by atoms with E-state index in [4.69, 9.17) is 14.2 Å². The van der Waals surface area contributed by atoms with Crippen LogP contribution in [0.4, 0.5) is 0 Å². The number of ether oxygens (including phenoxy) is 3. The van der Waals surface area contributed by atoms with Crippen LogP contribution in [0, 0.1) is 0 Å². The summed E-state index contributed by atoms with van der Waals surface area (Å²) < 4.78 is 16.1. The topological polar surface area (TPSA) is 51.2 Å². The van der Waals surface area contributed by atoms with Crippen molar-refractivity contribution in [1.29, 1.82) is 0 Å². The van der Waals surface area contributed by atoms with E-state index in [1.54, 1.807) is 14.2 Å². The lowest BCUT2D eigenvalue weighted by atomic mass is 10.2. The molecule has 1 N–H and O–H groups in total. The van der Waals surface area contributed by atoms with Gasteiger partial charge in [0, 0.05) is 33.4 Å². The van der Waals surface area contributed by atoms with Crippen molar-refractivity contribution in [2.75, 3.05) is 40.5 Å². The number of methoxy groups -OCH3 is 2. The largest absolute Gasteiger partial charge is 0.497 e. The van der Waals surface area contributed by atoms with E-state index >= 15 is 0 Å². The molecule has 0 bridgehead atoms. The second-order valence-electron chi connectivity index (χ2n) is 6.21. The molecular formula is C21H29NO4. The summed E-state index contributed by atoms with van der Waals surface area (Å²) in [6.07, 6.45) is 0.343. The summed E-state index contributed by atoms with van der Waals surface area (Å²) in [5.41, 5.74) is 1.15. The highest BCUT2D eigenvalue weighted by atomic mass is 16.5. The first-order chi connectivity index (χ1) is 12.7. The minimum Gasteiger partial charge on any atom is -0.497 e. The number of rotatable bonds is 12.